The number of hydrogen-bond donors (Lipinski definition) is 1. The highest BCUT2D eigenvalue weighted by molar-refractivity contribution is 4.80. The topological polar surface area (TPSA) is 29.5 Å². The van der Waals surface area contributed by atoms with E-state index in [9.17, 15) is 5.11 Å². The summed E-state index contributed by atoms with van der Waals surface area (Å²) in [6.45, 7) is 3.08. The first-order valence-electron chi connectivity index (χ1n) is 5.41. The van der Waals surface area contributed by atoms with E-state index in [4.69, 9.17) is 4.74 Å². The Labute approximate surface area is 81.3 Å². The van der Waals surface area contributed by atoms with Gasteiger partial charge in [-0.15, -0.1) is 0 Å². The van der Waals surface area contributed by atoms with E-state index in [1.54, 1.807) is 7.11 Å². The van der Waals surface area contributed by atoms with Crippen molar-refractivity contribution in [2.75, 3.05) is 13.7 Å². The van der Waals surface area contributed by atoms with Gasteiger partial charge in [0.1, 0.15) is 0 Å². The summed E-state index contributed by atoms with van der Waals surface area (Å²) >= 11 is 0. The third-order valence-corrected chi connectivity index (χ3v) is 2.94. The average molecular weight is 186 g/mol. The number of aliphatic hydroxyl groups excluding tert-OH is 1. The predicted octanol–water partition coefficient (Wildman–Crippen LogP) is 2.21. The number of rotatable bonds is 7. The third kappa shape index (κ3) is 4.63. The van der Waals surface area contributed by atoms with Crippen LogP contribution in [-0.4, -0.2) is 24.9 Å². The lowest BCUT2D eigenvalue weighted by molar-refractivity contribution is 0.126. The van der Waals surface area contributed by atoms with Crippen LogP contribution in [0.15, 0.2) is 0 Å². The summed E-state index contributed by atoms with van der Waals surface area (Å²) < 4.78 is 5.02. The first-order chi connectivity index (χ1) is 6.24. The van der Waals surface area contributed by atoms with Crippen LogP contribution in [0.25, 0.3) is 0 Å². The van der Waals surface area contributed by atoms with Crippen LogP contribution in [0.1, 0.15) is 39.0 Å². The normalized spacial score (nSPS) is 21.5. The molecule has 2 heteroatoms. The number of methoxy groups -OCH3 is 1. The lowest BCUT2D eigenvalue weighted by atomic mass is 9.98. The highest BCUT2D eigenvalue weighted by Crippen LogP contribution is 2.34. The van der Waals surface area contributed by atoms with Crippen molar-refractivity contribution < 1.29 is 9.84 Å². The van der Waals surface area contributed by atoms with Gasteiger partial charge in [0, 0.05) is 13.7 Å². The Kier molecular flexibility index (Phi) is 4.74. The second-order valence-electron chi connectivity index (χ2n) is 4.37. The molecule has 1 aliphatic rings. The summed E-state index contributed by atoms with van der Waals surface area (Å²) in [5.41, 5.74) is 0. The molecule has 0 aromatic heterocycles. The molecule has 0 radical (unpaired) electrons. The Morgan fingerprint density at radius 1 is 1.31 bits per heavy atom. The molecule has 0 bridgehead atoms. The third-order valence-electron chi connectivity index (χ3n) is 2.94. The van der Waals surface area contributed by atoms with Crippen LogP contribution >= 0.6 is 0 Å². The minimum Gasteiger partial charge on any atom is -0.393 e. The maximum Gasteiger partial charge on any atom is 0.0568 e. The molecule has 0 spiro atoms. The lowest BCUT2D eigenvalue weighted by Crippen LogP contribution is -2.11. The molecule has 0 aromatic rings. The van der Waals surface area contributed by atoms with Gasteiger partial charge in [-0.1, -0.05) is 6.92 Å². The molecule has 1 aliphatic carbocycles. The Bertz CT molecular complexity index is 132. The minimum absolute atomic E-state index is 0.0232. The summed E-state index contributed by atoms with van der Waals surface area (Å²) in [6, 6.07) is 0. The van der Waals surface area contributed by atoms with Gasteiger partial charge in [-0.3, -0.25) is 0 Å². The molecule has 1 saturated carbocycles. The molecule has 2 atom stereocenters. The number of hydrogen-bond acceptors (Lipinski definition) is 2. The van der Waals surface area contributed by atoms with Crippen molar-refractivity contribution >= 4 is 0 Å². The lowest BCUT2D eigenvalue weighted by Gasteiger charge is -2.13. The second-order valence-corrected chi connectivity index (χ2v) is 4.37. The molecule has 0 saturated heterocycles. The first-order valence-corrected chi connectivity index (χ1v) is 5.41. The minimum atomic E-state index is -0.0232. The standard InChI is InChI=1S/C11H22O2/c1-9(7-8-13-2)3-6-11(12)10-4-5-10/h9-12H,3-8H2,1-2H3. The van der Waals surface area contributed by atoms with Gasteiger partial charge in [0.05, 0.1) is 6.10 Å². The van der Waals surface area contributed by atoms with Crippen LogP contribution < -0.4 is 0 Å². The van der Waals surface area contributed by atoms with Crippen LogP contribution in [-0.2, 0) is 4.74 Å². The van der Waals surface area contributed by atoms with Crippen LogP contribution in [0.5, 0.6) is 0 Å². The van der Waals surface area contributed by atoms with E-state index in [1.165, 1.54) is 12.8 Å². The first kappa shape index (κ1) is 11.0. The molecule has 0 heterocycles. The fraction of sp³-hybridized carbons (Fsp3) is 1.00. The molecule has 2 nitrogen and oxygen atoms in total. The van der Waals surface area contributed by atoms with Gasteiger partial charge in [0.25, 0.3) is 0 Å². The summed E-state index contributed by atoms with van der Waals surface area (Å²) in [7, 11) is 1.74. The van der Waals surface area contributed by atoms with Crippen molar-refractivity contribution in [2.45, 2.75) is 45.1 Å². The maximum atomic E-state index is 9.63. The van der Waals surface area contributed by atoms with Gasteiger partial charge in [0.2, 0.25) is 0 Å². The summed E-state index contributed by atoms with van der Waals surface area (Å²) in [5, 5.41) is 9.63. The highest BCUT2D eigenvalue weighted by atomic mass is 16.5. The zero-order valence-electron chi connectivity index (χ0n) is 8.83. The van der Waals surface area contributed by atoms with E-state index in [1.807, 2.05) is 0 Å². The molecule has 13 heavy (non-hydrogen) atoms. The molecule has 2 unspecified atom stereocenters. The summed E-state index contributed by atoms with van der Waals surface area (Å²) in [6.07, 6.45) is 5.70. The Morgan fingerprint density at radius 2 is 2.00 bits per heavy atom. The van der Waals surface area contributed by atoms with Crippen LogP contribution in [0, 0.1) is 11.8 Å². The quantitative estimate of drug-likeness (QED) is 0.660. The second kappa shape index (κ2) is 5.61. The number of ether oxygens (including phenoxy) is 1. The largest absolute Gasteiger partial charge is 0.393 e. The molecule has 0 aromatic carbocycles. The molecule has 1 N–H and O–H groups in total. The van der Waals surface area contributed by atoms with Gasteiger partial charge < -0.3 is 9.84 Å². The van der Waals surface area contributed by atoms with E-state index in [0.717, 1.165) is 25.9 Å². The van der Waals surface area contributed by atoms with Gasteiger partial charge in [-0.2, -0.15) is 0 Å². The smallest absolute Gasteiger partial charge is 0.0568 e. The van der Waals surface area contributed by atoms with Gasteiger partial charge in [-0.25, -0.2) is 0 Å². The molecular formula is C11H22O2. The SMILES string of the molecule is COCCC(C)CCC(O)C1CC1. The van der Waals surface area contributed by atoms with Crippen LogP contribution in [0.4, 0.5) is 0 Å². The Morgan fingerprint density at radius 3 is 2.54 bits per heavy atom. The molecule has 0 aliphatic heterocycles. The van der Waals surface area contributed by atoms with E-state index in [0.29, 0.717) is 11.8 Å². The molecule has 1 rings (SSSR count). The fourth-order valence-corrected chi connectivity index (χ4v) is 1.64. The van der Waals surface area contributed by atoms with Crippen molar-refractivity contribution in [1.82, 2.24) is 0 Å². The van der Waals surface area contributed by atoms with E-state index < -0.39 is 0 Å². The molecule has 78 valence electrons. The summed E-state index contributed by atoms with van der Waals surface area (Å²) in [5.74, 6) is 1.32. The van der Waals surface area contributed by atoms with E-state index in [-0.39, 0.29) is 6.10 Å². The van der Waals surface area contributed by atoms with E-state index in [2.05, 4.69) is 6.92 Å². The zero-order valence-corrected chi connectivity index (χ0v) is 8.83. The highest BCUT2D eigenvalue weighted by Gasteiger charge is 2.29. The number of aliphatic hydroxyl groups is 1. The maximum absolute atomic E-state index is 9.63. The van der Waals surface area contributed by atoms with Gasteiger partial charge >= 0.3 is 0 Å². The molecule has 0 amide bonds. The Balaban J connectivity index is 1.96. The Hall–Kier alpha value is -0.0800. The van der Waals surface area contributed by atoms with Crippen molar-refractivity contribution in [3.63, 3.8) is 0 Å². The van der Waals surface area contributed by atoms with Crippen molar-refractivity contribution in [3.05, 3.63) is 0 Å². The van der Waals surface area contributed by atoms with Crippen molar-refractivity contribution in [2.24, 2.45) is 11.8 Å². The fourth-order valence-electron chi connectivity index (χ4n) is 1.64. The van der Waals surface area contributed by atoms with Gasteiger partial charge in [-0.05, 0) is 43.9 Å². The summed E-state index contributed by atoms with van der Waals surface area (Å²) in [4.78, 5) is 0. The van der Waals surface area contributed by atoms with Crippen molar-refractivity contribution in [3.8, 4) is 0 Å². The van der Waals surface area contributed by atoms with E-state index >= 15 is 0 Å². The zero-order chi connectivity index (χ0) is 9.68. The molecular weight excluding hydrogens is 164 g/mol. The van der Waals surface area contributed by atoms with Crippen LogP contribution in [0.2, 0.25) is 0 Å². The van der Waals surface area contributed by atoms with Gasteiger partial charge in [0.15, 0.2) is 0 Å². The predicted molar refractivity (Wildman–Crippen MR) is 53.6 cm³/mol. The average Bonchev–Trinajstić information content (AvgIpc) is 2.93. The monoisotopic (exact) mass is 186 g/mol. The van der Waals surface area contributed by atoms with Crippen molar-refractivity contribution in [1.29, 1.82) is 0 Å². The molecule has 1 fully saturated rings. The van der Waals surface area contributed by atoms with Crippen LogP contribution in [0.3, 0.4) is 0 Å².